The monoisotopic (exact) mass is 585 g/mol. The molecule has 5 heterocycles. The van der Waals surface area contributed by atoms with Crippen molar-refractivity contribution in [3.05, 3.63) is 107 Å². The number of aromatic amines is 1. The number of H-pyrrole nitrogens is 1. The topological polar surface area (TPSA) is 82.9 Å². The van der Waals surface area contributed by atoms with Gasteiger partial charge in [0.05, 0.1) is 35.1 Å². The molecule has 8 nitrogen and oxygen atoms in total. The van der Waals surface area contributed by atoms with E-state index in [9.17, 15) is 22.8 Å². The number of piperidine rings is 1. The number of carbonyl (C=O) groups excluding carboxylic acids is 2. The summed E-state index contributed by atoms with van der Waals surface area (Å²) in [6.45, 7) is 0.970. The average Bonchev–Trinajstić information content (AvgIpc) is 3.76. The van der Waals surface area contributed by atoms with Crippen LogP contribution in [-0.2, 0) is 5.41 Å². The summed E-state index contributed by atoms with van der Waals surface area (Å²) in [4.78, 5) is 30.9. The van der Waals surface area contributed by atoms with E-state index in [0.717, 1.165) is 23.0 Å². The largest absolute Gasteiger partial charge is 0.493 e. The third-order valence-electron chi connectivity index (χ3n) is 8.70. The lowest BCUT2D eigenvalue weighted by atomic mass is 9.74. The van der Waals surface area contributed by atoms with Crippen molar-refractivity contribution in [2.24, 2.45) is 0 Å². The second kappa shape index (κ2) is 10.0. The summed E-state index contributed by atoms with van der Waals surface area (Å²) in [5, 5.41) is 7.00. The van der Waals surface area contributed by atoms with Gasteiger partial charge in [-0.2, -0.15) is 9.49 Å². The van der Waals surface area contributed by atoms with Crippen LogP contribution >= 0.6 is 0 Å². The summed E-state index contributed by atoms with van der Waals surface area (Å²) < 4.78 is 49.9. The highest BCUT2D eigenvalue weighted by Crippen LogP contribution is 2.48. The number of methoxy groups -OCH3 is 1. The third kappa shape index (κ3) is 4.17. The molecule has 2 aromatic carbocycles. The molecule has 11 heteroatoms. The van der Waals surface area contributed by atoms with Gasteiger partial charge in [-0.15, -0.1) is 0 Å². The second-order valence-electron chi connectivity index (χ2n) is 10.9. The Morgan fingerprint density at radius 2 is 1.77 bits per heavy atom. The van der Waals surface area contributed by atoms with E-state index < -0.39 is 34.5 Å². The number of fused-ring (bicyclic) bond motifs is 3. The second-order valence-corrected chi connectivity index (χ2v) is 10.9. The Morgan fingerprint density at radius 3 is 2.51 bits per heavy atom. The summed E-state index contributed by atoms with van der Waals surface area (Å²) in [5.41, 5.74) is 3.32. The molecule has 0 atom stereocenters. The highest BCUT2D eigenvalue weighted by molar-refractivity contribution is 6.09. The SMILES string of the molecule is COc1c(C(=O)N2CC3(CCN(C(=O)c4cc(-c5ccn[nH]5)n5ccccc45)CC3)c3cc(F)ccc32)ccc(F)c1F. The molecule has 5 aromatic rings. The molecule has 0 saturated carbocycles. The van der Waals surface area contributed by atoms with Crippen molar-refractivity contribution in [2.45, 2.75) is 18.3 Å². The first-order valence-corrected chi connectivity index (χ1v) is 13.8. The summed E-state index contributed by atoms with van der Waals surface area (Å²) in [6, 6.07) is 15.7. The van der Waals surface area contributed by atoms with E-state index in [4.69, 9.17) is 4.74 Å². The number of likely N-dealkylation sites (tertiary alicyclic amines) is 1. The van der Waals surface area contributed by atoms with E-state index in [1.807, 2.05) is 40.9 Å². The van der Waals surface area contributed by atoms with Gasteiger partial charge in [-0.25, -0.2) is 8.78 Å². The van der Waals surface area contributed by atoms with Gasteiger partial charge < -0.3 is 18.9 Å². The number of hydrogen-bond acceptors (Lipinski definition) is 4. The molecule has 7 rings (SSSR count). The number of nitrogens with one attached hydrogen (secondary N) is 1. The lowest BCUT2D eigenvalue weighted by molar-refractivity contribution is 0.0672. The number of aromatic nitrogens is 3. The molecule has 1 N–H and O–H groups in total. The number of amides is 2. The van der Waals surface area contributed by atoms with Crippen LogP contribution < -0.4 is 9.64 Å². The molecule has 3 aromatic heterocycles. The standard InChI is InChI=1S/C32H26F3N5O3/c1-43-29-20(6-7-23(34)28(29)35)31(42)40-18-32(22-16-19(33)5-8-26(22)40)10-14-38(15-11-32)30(41)21-17-27(24-9-12-36-37-24)39-13-3-2-4-25(21)39/h2-9,12-13,16-17H,10-11,14-15,18H2,1H3,(H,36,37). The van der Waals surface area contributed by atoms with Crippen molar-refractivity contribution in [1.29, 1.82) is 0 Å². The number of pyridine rings is 1. The van der Waals surface area contributed by atoms with Crippen molar-refractivity contribution < 1.29 is 27.5 Å². The van der Waals surface area contributed by atoms with Gasteiger partial charge in [-0.05, 0) is 73.0 Å². The van der Waals surface area contributed by atoms with Gasteiger partial charge in [-0.1, -0.05) is 6.07 Å². The average molecular weight is 586 g/mol. The molecule has 0 unspecified atom stereocenters. The van der Waals surface area contributed by atoms with Crippen LogP contribution in [0.15, 0.2) is 73.1 Å². The van der Waals surface area contributed by atoms with Crippen LogP contribution in [0.2, 0.25) is 0 Å². The summed E-state index contributed by atoms with van der Waals surface area (Å²) in [7, 11) is 1.17. The minimum Gasteiger partial charge on any atom is -0.493 e. The normalized spacial score (nSPS) is 15.7. The van der Waals surface area contributed by atoms with Gasteiger partial charge >= 0.3 is 0 Å². The maximum atomic E-state index is 14.6. The summed E-state index contributed by atoms with van der Waals surface area (Å²) in [6.07, 6.45) is 4.51. The fourth-order valence-corrected chi connectivity index (χ4v) is 6.53. The predicted octanol–water partition coefficient (Wildman–Crippen LogP) is 5.59. The van der Waals surface area contributed by atoms with Crippen LogP contribution in [0.5, 0.6) is 5.75 Å². The minimum atomic E-state index is -1.25. The highest BCUT2D eigenvalue weighted by Gasteiger charge is 2.48. The van der Waals surface area contributed by atoms with E-state index in [-0.39, 0.29) is 18.0 Å². The first-order valence-electron chi connectivity index (χ1n) is 13.8. The zero-order chi connectivity index (χ0) is 29.9. The van der Waals surface area contributed by atoms with Gasteiger partial charge in [0.1, 0.15) is 5.82 Å². The fraction of sp³-hybridized carbons (Fsp3) is 0.219. The summed E-state index contributed by atoms with van der Waals surface area (Å²) in [5.74, 6) is -4.00. The van der Waals surface area contributed by atoms with Crippen LogP contribution in [-0.4, -0.2) is 58.1 Å². The Hall–Kier alpha value is -5.06. The Labute approximate surface area is 244 Å². The number of hydrogen-bond donors (Lipinski definition) is 1. The number of rotatable bonds is 4. The molecule has 0 aliphatic carbocycles. The Kier molecular flexibility index (Phi) is 6.26. The third-order valence-corrected chi connectivity index (χ3v) is 8.70. The number of ether oxygens (including phenoxy) is 1. The Morgan fingerprint density at radius 1 is 0.953 bits per heavy atom. The van der Waals surface area contributed by atoms with Crippen LogP contribution in [0, 0.1) is 17.5 Å². The molecule has 0 radical (unpaired) electrons. The number of benzene rings is 2. The summed E-state index contributed by atoms with van der Waals surface area (Å²) >= 11 is 0. The van der Waals surface area contributed by atoms with Gasteiger partial charge in [0, 0.05) is 43.1 Å². The maximum Gasteiger partial charge on any atom is 0.262 e. The van der Waals surface area contributed by atoms with Gasteiger partial charge in [0.25, 0.3) is 11.8 Å². The van der Waals surface area contributed by atoms with Gasteiger partial charge in [-0.3, -0.25) is 14.7 Å². The van der Waals surface area contributed by atoms with Crippen molar-refractivity contribution in [2.75, 3.05) is 31.6 Å². The first-order chi connectivity index (χ1) is 20.8. The van der Waals surface area contributed by atoms with Crippen molar-refractivity contribution in [1.82, 2.24) is 19.5 Å². The van der Waals surface area contributed by atoms with Crippen molar-refractivity contribution >= 4 is 23.0 Å². The lowest BCUT2D eigenvalue weighted by Crippen LogP contribution is -2.47. The van der Waals surface area contributed by atoms with Crippen LogP contribution in [0.4, 0.5) is 18.9 Å². The molecular formula is C32H26F3N5O3. The van der Waals surface area contributed by atoms with Crippen molar-refractivity contribution in [3.63, 3.8) is 0 Å². The van der Waals surface area contributed by atoms with Gasteiger partial charge in [0.2, 0.25) is 5.82 Å². The van der Waals surface area contributed by atoms with E-state index in [1.165, 1.54) is 36.3 Å². The molecular weight excluding hydrogens is 559 g/mol. The van der Waals surface area contributed by atoms with Gasteiger partial charge in [0.15, 0.2) is 11.6 Å². The van der Waals surface area contributed by atoms with Crippen molar-refractivity contribution in [3.8, 4) is 17.1 Å². The molecule has 2 aliphatic rings. The van der Waals surface area contributed by atoms with E-state index in [0.29, 0.717) is 42.7 Å². The van der Waals surface area contributed by atoms with Crippen LogP contribution in [0.1, 0.15) is 39.1 Å². The lowest BCUT2D eigenvalue weighted by Gasteiger charge is -2.40. The zero-order valence-corrected chi connectivity index (χ0v) is 23.1. The maximum absolute atomic E-state index is 14.6. The zero-order valence-electron chi connectivity index (χ0n) is 23.1. The molecule has 2 amide bonds. The van der Waals surface area contributed by atoms with E-state index in [2.05, 4.69) is 10.2 Å². The predicted molar refractivity (Wildman–Crippen MR) is 153 cm³/mol. The molecule has 1 fully saturated rings. The molecule has 1 spiro atoms. The first kappa shape index (κ1) is 26.8. The molecule has 0 bridgehead atoms. The number of halogens is 3. The number of anilines is 1. The Balaban J connectivity index is 1.18. The number of carbonyl (C=O) groups is 2. The number of nitrogens with zero attached hydrogens (tertiary/aromatic N) is 4. The van der Waals surface area contributed by atoms with E-state index >= 15 is 0 Å². The smallest absolute Gasteiger partial charge is 0.262 e. The minimum absolute atomic E-state index is 0.124. The quantitative estimate of drug-likeness (QED) is 0.298. The fourth-order valence-electron chi connectivity index (χ4n) is 6.53. The van der Waals surface area contributed by atoms with Crippen LogP contribution in [0.3, 0.4) is 0 Å². The van der Waals surface area contributed by atoms with E-state index in [1.54, 1.807) is 11.1 Å². The molecule has 218 valence electrons. The highest BCUT2D eigenvalue weighted by atomic mass is 19.2. The molecule has 1 saturated heterocycles. The van der Waals surface area contributed by atoms with Crippen LogP contribution in [0.25, 0.3) is 16.9 Å². The Bertz CT molecular complexity index is 1890. The molecule has 2 aliphatic heterocycles. The molecule has 43 heavy (non-hydrogen) atoms.